The van der Waals surface area contributed by atoms with Gasteiger partial charge in [-0.25, -0.2) is 4.79 Å². The monoisotopic (exact) mass is 247 g/mol. The minimum atomic E-state index is -0.835. The molecular formula is C15H21NO2. The minimum Gasteiger partial charge on any atom is -0.478 e. The van der Waals surface area contributed by atoms with Crippen molar-refractivity contribution in [3.05, 3.63) is 35.4 Å². The predicted molar refractivity (Wildman–Crippen MR) is 72.1 cm³/mol. The maximum absolute atomic E-state index is 11.0. The highest BCUT2D eigenvalue weighted by molar-refractivity contribution is 5.87. The number of carbonyl (C=O) groups is 1. The fourth-order valence-electron chi connectivity index (χ4n) is 2.77. The molecule has 1 unspecified atom stereocenters. The highest BCUT2D eigenvalue weighted by atomic mass is 16.4. The van der Waals surface area contributed by atoms with Crippen molar-refractivity contribution < 1.29 is 9.90 Å². The Morgan fingerprint density at radius 1 is 1.50 bits per heavy atom. The lowest BCUT2D eigenvalue weighted by molar-refractivity contribution is 0.0696. The van der Waals surface area contributed by atoms with Gasteiger partial charge in [-0.2, -0.15) is 0 Å². The molecule has 0 bridgehead atoms. The van der Waals surface area contributed by atoms with E-state index in [-0.39, 0.29) is 0 Å². The standard InChI is InChI=1S/C15H21NO2/c1-2-8-16-9-4-7-14(11-16)12-5-3-6-13(10-12)15(17)18/h3,5-6,10,14H,2,4,7-9,11H2,1H3,(H,17,18). The lowest BCUT2D eigenvalue weighted by atomic mass is 9.89. The number of hydrogen-bond acceptors (Lipinski definition) is 2. The molecular weight excluding hydrogens is 226 g/mol. The first-order chi connectivity index (χ1) is 8.70. The second kappa shape index (κ2) is 6.01. The third-order valence-electron chi connectivity index (χ3n) is 3.65. The van der Waals surface area contributed by atoms with Crippen LogP contribution in [0, 0.1) is 0 Å². The van der Waals surface area contributed by atoms with E-state index in [1.54, 1.807) is 6.07 Å². The van der Waals surface area contributed by atoms with E-state index in [1.807, 2.05) is 12.1 Å². The molecule has 1 aromatic rings. The number of carboxylic acid groups (broad SMARTS) is 1. The minimum absolute atomic E-state index is 0.403. The Bertz CT molecular complexity index is 415. The van der Waals surface area contributed by atoms with Gasteiger partial charge in [0.25, 0.3) is 0 Å². The van der Waals surface area contributed by atoms with Gasteiger partial charge in [-0.15, -0.1) is 0 Å². The third-order valence-corrected chi connectivity index (χ3v) is 3.65. The first-order valence-corrected chi connectivity index (χ1v) is 6.76. The maximum atomic E-state index is 11.0. The smallest absolute Gasteiger partial charge is 0.335 e. The number of rotatable bonds is 4. The van der Waals surface area contributed by atoms with Crippen LogP contribution in [-0.2, 0) is 0 Å². The summed E-state index contributed by atoms with van der Waals surface area (Å²) in [7, 11) is 0. The van der Waals surface area contributed by atoms with E-state index in [9.17, 15) is 4.79 Å². The van der Waals surface area contributed by atoms with E-state index in [4.69, 9.17) is 5.11 Å². The molecule has 3 heteroatoms. The van der Waals surface area contributed by atoms with Gasteiger partial charge in [0.15, 0.2) is 0 Å². The van der Waals surface area contributed by atoms with Gasteiger partial charge in [0.05, 0.1) is 5.56 Å². The third kappa shape index (κ3) is 3.10. The summed E-state index contributed by atoms with van der Waals surface area (Å²) in [6, 6.07) is 7.42. The van der Waals surface area contributed by atoms with Crippen LogP contribution in [0.2, 0.25) is 0 Å². The molecule has 0 aromatic heterocycles. The van der Waals surface area contributed by atoms with E-state index in [1.165, 1.54) is 31.4 Å². The van der Waals surface area contributed by atoms with Gasteiger partial charge in [0, 0.05) is 6.54 Å². The zero-order valence-corrected chi connectivity index (χ0v) is 10.9. The van der Waals surface area contributed by atoms with Gasteiger partial charge < -0.3 is 10.0 Å². The lowest BCUT2D eigenvalue weighted by Gasteiger charge is -2.32. The Labute approximate surface area is 108 Å². The fraction of sp³-hybridized carbons (Fsp3) is 0.533. The van der Waals surface area contributed by atoms with Crippen LogP contribution in [0.3, 0.4) is 0 Å². The molecule has 2 rings (SSSR count). The maximum Gasteiger partial charge on any atom is 0.335 e. The highest BCUT2D eigenvalue weighted by Crippen LogP contribution is 2.27. The molecule has 1 aliphatic rings. The van der Waals surface area contributed by atoms with Gasteiger partial charge in [-0.1, -0.05) is 19.1 Å². The van der Waals surface area contributed by atoms with Gasteiger partial charge >= 0.3 is 5.97 Å². The van der Waals surface area contributed by atoms with Crippen LogP contribution in [0.1, 0.15) is 48.0 Å². The van der Waals surface area contributed by atoms with Crippen molar-refractivity contribution in [2.75, 3.05) is 19.6 Å². The van der Waals surface area contributed by atoms with Crippen LogP contribution in [0.25, 0.3) is 0 Å². The quantitative estimate of drug-likeness (QED) is 0.889. The number of likely N-dealkylation sites (tertiary alicyclic amines) is 1. The number of aromatic carboxylic acids is 1. The molecule has 0 amide bonds. The normalized spacial score (nSPS) is 20.8. The molecule has 1 N–H and O–H groups in total. The molecule has 3 nitrogen and oxygen atoms in total. The zero-order chi connectivity index (χ0) is 13.0. The molecule has 1 saturated heterocycles. The summed E-state index contributed by atoms with van der Waals surface area (Å²) < 4.78 is 0. The van der Waals surface area contributed by atoms with Crippen LogP contribution in [0.15, 0.2) is 24.3 Å². The summed E-state index contributed by atoms with van der Waals surface area (Å²) in [5.41, 5.74) is 1.58. The first kappa shape index (κ1) is 13.1. The zero-order valence-electron chi connectivity index (χ0n) is 10.9. The van der Waals surface area contributed by atoms with E-state index in [2.05, 4.69) is 17.9 Å². The Morgan fingerprint density at radius 2 is 2.33 bits per heavy atom. The van der Waals surface area contributed by atoms with E-state index >= 15 is 0 Å². The van der Waals surface area contributed by atoms with E-state index < -0.39 is 5.97 Å². The number of hydrogen-bond donors (Lipinski definition) is 1. The molecule has 1 aromatic carbocycles. The van der Waals surface area contributed by atoms with Gasteiger partial charge in [-0.05, 0) is 56.0 Å². The second-order valence-electron chi connectivity index (χ2n) is 5.07. The van der Waals surface area contributed by atoms with Crippen LogP contribution in [0.4, 0.5) is 0 Å². The van der Waals surface area contributed by atoms with Crippen LogP contribution >= 0.6 is 0 Å². The van der Waals surface area contributed by atoms with Crippen molar-refractivity contribution in [3.63, 3.8) is 0 Å². The van der Waals surface area contributed by atoms with E-state index in [0.717, 1.165) is 13.1 Å². The molecule has 98 valence electrons. The summed E-state index contributed by atoms with van der Waals surface area (Å²) >= 11 is 0. The topological polar surface area (TPSA) is 40.5 Å². The number of carboxylic acids is 1. The molecule has 0 aliphatic carbocycles. The van der Waals surface area contributed by atoms with Crippen molar-refractivity contribution in [3.8, 4) is 0 Å². The number of benzene rings is 1. The van der Waals surface area contributed by atoms with Crippen molar-refractivity contribution in [1.82, 2.24) is 4.90 Å². The Balaban J connectivity index is 2.10. The SMILES string of the molecule is CCCN1CCCC(c2cccc(C(=O)O)c2)C1. The van der Waals surface area contributed by atoms with Gasteiger partial charge in [0.1, 0.15) is 0 Å². The van der Waals surface area contributed by atoms with Crippen molar-refractivity contribution in [2.24, 2.45) is 0 Å². The summed E-state index contributed by atoms with van der Waals surface area (Å²) in [5, 5.41) is 9.03. The first-order valence-electron chi connectivity index (χ1n) is 6.76. The van der Waals surface area contributed by atoms with Crippen molar-refractivity contribution in [2.45, 2.75) is 32.1 Å². The Hall–Kier alpha value is -1.35. The van der Waals surface area contributed by atoms with E-state index in [0.29, 0.717) is 11.5 Å². The van der Waals surface area contributed by atoms with Crippen molar-refractivity contribution in [1.29, 1.82) is 0 Å². The molecule has 1 atom stereocenters. The van der Waals surface area contributed by atoms with Crippen LogP contribution in [0.5, 0.6) is 0 Å². The Morgan fingerprint density at radius 3 is 3.06 bits per heavy atom. The number of piperidine rings is 1. The molecule has 0 saturated carbocycles. The van der Waals surface area contributed by atoms with Crippen molar-refractivity contribution >= 4 is 5.97 Å². The predicted octanol–water partition coefficient (Wildman–Crippen LogP) is 2.97. The lowest BCUT2D eigenvalue weighted by Crippen LogP contribution is -2.34. The molecule has 0 spiro atoms. The Kier molecular flexibility index (Phi) is 4.37. The molecule has 0 radical (unpaired) electrons. The molecule has 18 heavy (non-hydrogen) atoms. The fourth-order valence-corrected chi connectivity index (χ4v) is 2.77. The van der Waals surface area contributed by atoms with Gasteiger partial charge in [-0.3, -0.25) is 0 Å². The summed E-state index contributed by atoms with van der Waals surface area (Å²) in [4.78, 5) is 13.5. The molecule has 1 aliphatic heterocycles. The molecule has 1 heterocycles. The molecule has 1 fully saturated rings. The summed E-state index contributed by atoms with van der Waals surface area (Å²) in [5.74, 6) is -0.345. The van der Waals surface area contributed by atoms with Crippen LogP contribution < -0.4 is 0 Å². The number of nitrogens with zero attached hydrogens (tertiary/aromatic N) is 1. The average molecular weight is 247 g/mol. The van der Waals surface area contributed by atoms with Crippen LogP contribution in [-0.4, -0.2) is 35.6 Å². The van der Waals surface area contributed by atoms with Gasteiger partial charge in [0.2, 0.25) is 0 Å². The second-order valence-corrected chi connectivity index (χ2v) is 5.07. The average Bonchev–Trinajstić information content (AvgIpc) is 2.39. The summed E-state index contributed by atoms with van der Waals surface area (Å²) in [6.07, 6.45) is 3.56. The summed E-state index contributed by atoms with van der Waals surface area (Å²) in [6.45, 7) is 5.60. The highest BCUT2D eigenvalue weighted by Gasteiger charge is 2.21. The largest absolute Gasteiger partial charge is 0.478 e.